The molecule has 1 spiro atoms. The third kappa shape index (κ3) is 5.62. The van der Waals surface area contributed by atoms with Crippen LogP contribution in [0, 0.1) is 5.41 Å². The molecule has 2 aliphatic rings. The smallest absolute Gasteiger partial charge is 0.338 e. The molecule has 0 radical (unpaired) electrons. The summed E-state index contributed by atoms with van der Waals surface area (Å²) in [5.74, 6) is -1.04. The monoisotopic (exact) mass is 486 g/mol. The highest BCUT2D eigenvalue weighted by atomic mass is 79.9. The number of ether oxygens (including phenoxy) is 2. The van der Waals surface area contributed by atoms with Gasteiger partial charge in [-0.15, -0.1) is 0 Å². The molecule has 3 rings (SSSR count). The maximum Gasteiger partial charge on any atom is 0.338 e. The van der Waals surface area contributed by atoms with E-state index in [-0.39, 0.29) is 18.6 Å². The van der Waals surface area contributed by atoms with Crippen molar-refractivity contribution in [1.82, 2.24) is 0 Å². The Morgan fingerprint density at radius 1 is 1.29 bits per heavy atom. The van der Waals surface area contributed by atoms with Gasteiger partial charge in [0.1, 0.15) is 12.2 Å². The predicted octanol–water partition coefficient (Wildman–Crippen LogP) is 5.50. The molecule has 3 atom stereocenters. The van der Waals surface area contributed by atoms with Crippen molar-refractivity contribution in [3.05, 3.63) is 69.8 Å². The van der Waals surface area contributed by atoms with E-state index in [0.29, 0.717) is 5.56 Å². The lowest BCUT2D eigenvalue weighted by atomic mass is 9.69. The number of carbonyl (C=O) groups excluding carboxylic acids is 3. The van der Waals surface area contributed by atoms with E-state index >= 15 is 0 Å². The summed E-state index contributed by atoms with van der Waals surface area (Å²) in [6.07, 6.45) is 7.70. The van der Waals surface area contributed by atoms with Gasteiger partial charge in [-0.25, -0.2) is 4.79 Å². The fourth-order valence-electron chi connectivity index (χ4n) is 3.98. The lowest BCUT2D eigenvalue weighted by Crippen LogP contribution is -2.43. The molecule has 1 aromatic rings. The van der Waals surface area contributed by atoms with E-state index in [2.05, 4.69) is 35.9 Å². The molecular weight excluding hydrogens is 460 g/mol. The minimum Gasteiger partial charge on any atom is -0.457 e. The van der Waals surface area contributed by atoms with Crippen LogP contribution in [-0.2, 0) is 19.1 Å². The van der Waals surface area contributed by atoms with Crippen LogP contribution in [-0.4, -0.2) is 29.9 Å². The molecule has 0 aromatic heterocycles. The SMILES string of the molecule is CC(C)=CCC/C(C)=C/[C@H]1OC(=O)C[C@]12C[C@H](OC(=O)c1cccc(Br)c1)C=CC2=O. The number of hydrogen-bond acceptors (Lipinski definition) is 5. The first-order chi connectivity index (χ1) is 14.7. The van der Waals surface area contributed by atoms with E-state index in [1.54, 1.807) is 24.3 Å². The molecule has 1 fully saturated rings. The Hall–Kier alpha value is -2.47. The number of halogens is 1. The molecule has 1 heterocycles. The van der Waals surface area contributed by atoms with E-state index in [1.807, 2.05) is 19.1 Å². The van der Waals surface area contributed by atoms with Gasteiger partial charge in [-0.2, -0.15) is 0 Å². The highest BCUT2D eigenvalue weighted by Gasteiger charge is 2.55. The largest absolute Gasteiger partial charge is 0.457 e. The van der Waals surface area contributed by atoms with Crippen molar-refractivity contribution in [2.24, 2.45) is 5.41 Å². The summed E-state index contributed by atoms with van der Waals surface area (Å²) in [7, 11) is 0. The quantitative estimate of drug-likeness (QED) is 0.392. The number of cyclic esters (lactones) is 1. The van der Waals surface area contributed by atoms with Crippen molar-refractivity contribution < 1.29 is 23.9 Å². The number of ketones is 1. The van der Waals surface area contributed by atoms with Gasteiger partial charge in [-0.1, -0.05) is 39.2 Å². The Bertz CT molecular complexity index is 970. The van der Waals surface area contributed by atoms with E-state index in [1.165, 1.54) is 11.6 Å². The Balaban J connectivity index is 1.77. The molecule has 6 heteroatoms. The Kier molecular flexibility index (Phi) is 7.31. The molecule has 0 amide bonds. The fraction of sp³-hybridized carbons (Fsp3) is 0.400. The average Bonchev–Trinajstić information content (AvgIpc) is 2.99. The van der Waals surface area contributed by atoms with Crippen LogP contribution >= 0.6 is 15.9 Å². The van der Waals surface area contributed by atoms with Gasteiger partial charge >= 0.3 is 11.9 Å². The average molecular weight is 487 g/mol. The van der Waals surface area contributed by atoms with Gasteiger partial charge in [-0.05, 0) is 70.0 Å². The third-order valence-corrected chi connectivity index (χ3v) is 6.12. The maximum absolute atomic E-state index is 12.9. The summed E-state index contributed by atoms with van der Waals surface area (Å²) in [6, 6.07) is 6.93. The second-order valence-corrected chi connectivity index (χ2v) is 9.37. The molecule has 0 N–H and O–H groups in total. The van der Waals surface area contributed by atoms with Crippen molar-refractivity contribution >= 4 is 33.7 Å². The lowest BCUT2D eigenvalue weighted by Gasteiger charge is -2.34. The highest BCUT2D eigenvalue weighted by Crippen LogP contribution is 2.45. The first-order valence-electron chi connectivity index (χ1n) is 10.4. The molecule has 31 heavy (non-hydrogen) atoms. The highest BCUT2D eigenvalue weighted by molar-refractivity contribution is 9.10. The molecule has 0 unspecified atom stereocenters. The zero-order chi connectivity index (χ0) is 22.6. The number of rotatable bonds is 6. The maximum atomic E-state index is 12.9. The van der Waals surface area contributed by atoms with Gasteiger partial charge in [0.2, 0.25) is 0 Å². The molecule has 1 saturated heterocycles. The van der Waals surface area contributed by atoms with Crippen LogP contribution in [0.25, 0.3) is 0 Å². The minimum absolute atomic E-state index is 0.0104. The number of allylic oxidation sites excluding steroid dienone is 4. The van der Waals surface area contributed by atoms with Gasteiger partial charge in [0.25, 0.3) is 0 Å². The molecule has 1 aliphatic carbocycles. The zero-order valence-corrected chi connectivity index (χ0v) is 19.6. The van der Waals surface area contributed by atoms with Gasteiger partial charge < -0.3 is 9.47 Å². The number of esters is 2. The number of benzene rings is 1. The summed E-state index contributed by atoms with van der Waals surface area (Å²) >= 11 is 3.34. The van der Waals surface area contributed by atoms with Crippen molar-refractivity contribution in [2.45, 2.75) is 58.7 Å². The van der Waals surface area contributed by atoms with Gasteiger partial charge in [0.05, 0.1) is 17.4 Å². The van der Waals surface area contributed by atoms with E-state index < -0.39 is 29.6 Å². The first kappa shape index (κ1) is 23.2. The second kappa shape index (κ2) is 9.77. The van der Waals surface area contributed by atoms with Crippen LogP contribution in [0.15, 0.2) is 64.2 Å². The summed E-state index contributed by atoms with van der Waals surface area (Å²) < 4.78 is 12.0. The molecule has 1 aliphatic heterocycles. The Labute approximate surface area is 191 Å². The fourth-order valence-corrected chi connectivity index (χ4v) is 4.38. The second-order valence-electron chi connectivity index (χ2n) is 8.46. The number of hydrogen-bond donors (Lipinski definition) is 0. The first-order valence-corrected chi connectivity index (χ1v) is 11.2. The van der Waals surface area contributed by atoms with Crippen molar-refractivity contribution in [3.8, 4) is 0 Å². The summed E-state index contributed by atoms with van der Waals surface area (Å²) in [4.78, 5) is 37.7. The van der Waals surface area contributed by atoms with Crippen molar-refractivity contribution in [2.75, 3.05) is 0 Å². The predicted molar refractivity (Wildman–Crippen MR) is 121 cm³/mol. The van der Waals surface area contributed by atoms with Crippen LogP contribution in [0.1, 0.15) is 56.8 Å². The molecule has 164 valence electrons. The standard InChI is InChI=1S/C25H27BrO5/c1-16(2)6-4-7-17(3)12-22-25(15-23(28)31-22)14-20(10-11-21(25)27)30-24(29)18-8-5-9-19(26)13-18/h5-6,8-13,20,22H,4,7,14-15H2,1-3H3/b17-12+/t20-,22-,25+/m1/s1. The molecular formula is C25H27BrO5. The summed E-state index contributed by atoms with van der Waals surface area (Å²) in [5.41, 5.74) is 1.69. The van der Waals surface area contributed by atoms with E-state index in [9.17, 15) is 14.4 Å². The molecule has 0 saturated carbocycles. The van der Waals surface area contributed by atoms with Gasteiger partial charge in [-0.3, -0.25) is 9.59 Å². The zero-order valence-electron chi connectivity index (χ0n) is 18.0. The van der Waals surface area contributed by atoms with Gasteiger partial charge in [0, 0.05) is 10.9 Å². The summed E-state index contributed by atoms with van der Waals surface area (Å²) in [6.45, 7) is 6.08. The van der Waals surface area contributed by atoms with Crippen LogP contribution in [0.5, 0.6) is 0 Å². The van der Waals surface area contributed by atoms with Crippen molar-refractivity contribution in [3.63, 3.8) is 0 Å². The lowest BCUT2D eigenvalue weighted by molar-refractivity contribution is -0.140. The van der Waals surface area contributed by atoms with Gasteiger partial charge in [0.15, 0.2) is 5.78 Å². The topological polar surface area (TPSA) is 69.7 Å². The van der Waals surface area contributed by atoms with E-state index in [4.69, 9.17) is 9.47 Å². The molecule has 1 aromatic carbocycles. The van der Waals surface area contributed by atoms with Crippen LogP contribution in [0.3, 0.4) is 0 Å². The molecule has 5 nitrogen and oxygen atoms in total. The normalized spacial score (nSPS) is 25.5. The molecule has 0 bridgehead atoms. The van der Waals surface area contributed by atoms with Crippen LogP contribution in [0.2, 0.25) is 0 Å². The Morgan fingerprint density at radius 3 is 2.77 bits per heavy atom. The summed E-state index contributed by atoms with van der Waals surface area (Å²) in [5, 5.41) is 0. The third-order valence-electron chi connectivity index (χ3n) is 5.63. The number of carbonyl (C=O) groups is 3. The van der Waals surface area contributed by atoms with Crippen molar-refractivity contribution in [1.29, 1.82) is 0 Å². The Morgan fingerprint density at radius 2 is 2.06 bits per heavy atom. The van der Waals surface area contributed by atoms with E-state index in [0.717, 1.165) is 22.9 Å². The minimum atomic E-state index is -1.04. The van der Waals surface area contributed by atoms with Crippen LogP contribution < -0.4 is 0 Å². The van der Waals surface area contributed by atoms with Crippen LogP contribution in [0.4, 0.5) is 0 Å².